The second kappa shape index (κ2) is 78.1. The third kappa shape index (κ3) is 80.1. The average molecular weight is 1170 g/mol. The summed E-state index contributed by atoms with van der Waals surface area (Å²) in [5.41, 5.74) is 0. The quantitative estimate of drug-likeness (QED) is 0.0445. The van der Waals surface area contributed by atoms with Crippen molar-refractivity contribution in [1.82, 2.24) is 9.80 Å². The summed E-state index contributed by atoms with van der Waals surface area (Å²) in [5, 5.41) is 22.0. The molecule has 0 unspecified atom stereocenters. The normalized spacial score (nSPS) is 11.4. The van der Waals surface area contributed by atoms with E-state index in [1.54, 1.807) is 0 Å². The Morgan fingerprint density at radius 3 is 0.420 bits per heavy atom. The van der Waals surface area contributed by atoms with E-state index in [0.29, 0.717) is 13.1 Å². The molecule has 0 aliphatic carbocycles. The fraction of sp³-hybridized carbons (Fsp3) is 0.973. The van der Waals surface area contributed by atoms with Gasteiger partial charge in [-0.1, -0.05) is 387 Å². The minimum absolute atomic E-state index is 0. The van der Waals surface area contributed by atoms with Crippen molar-refractivity contribution in [2.75, 3.05) is 39.3 Å². The molecule has 0 atom stereocenters. The average Bonchev–Trinajstić information content (AvgIpc) is 3.45. The summed E-state index contributed by atoms with van der Waals surface area (Å²) in [6.07, 6.45) is 83.7. The third-order valence-electron chi connectivity index (χ3n) is 17.6. The van der Waals surface area contributed by atoms with E-state index >= 15 is 0 Å². The van der Waals surface area contributed by atoms with E-state index in [1.807, 2.05) is 0 Å². The Bertz CT molecular complexity index is 987. The Balaban J connectivity index is -0.00000148. The first-order chi connectivity index (χ1) is 39.4. The molecule has 7 heteroatoms. The van der Waals surface area contributed by atoms with E-state index < -0.39 is 11.9 Å². The summed E-state index contributed by atoms with van der Waals surface area (Å²) in [5.74, 6) is -1.81. The van der Waals surface area contributed by atoms with Crippen LogP contribution in [0.1, 0.15) is 426 Å². The monoisotopic (exact) mass is 1170 g/mol. The summed E-state index contributed by atoms with van der Waals surface area (Å²) < 4.78 is 0. The Hall–Kier alpha value is 0.120. The Morgan fingerprint density at radius 1 is 0.198 bits per heavy atom. The molecule has 0 heterocycles. The van der Waals surface area contributed by atoms with Crippen LogP contribution in [0.15, 0.2) is 0 Å². The number of carbonyl (C=O) groups excluding carboxylic acids is 2. The van der Waals surface area contributed by atoms with Crippen LogP contribution in [0.2, 0.25) is 0 Å². The number of hydrogen-bond donors (Lipinski definition) is 0. The maximum Gasteiger partial charge on any atom is 2.00 e. The fourth-order valence-corrected chi connectivity index (χ4v) is 12.0. The van der Waals surface area contributed by atoms with Gasteiger partial charge in [0.1, 0.15) is 0 Å². The molecule has 0 saturated carbocycles. The van der Waals surface area contributed by atoms with Gasteiger partial charge in [-0.3, -0.25) is 0 Å². The Labute approximate surface area is 540 Å². The van der Waals surface area contributed by atoms with Crippen molar-refractivity contribution < 1.29 is 19.8 Å². The molecule has 0 amide bonds. The number of carboxylic acid groups (broad SMARTS) is 2. The first-order valence-corrected chi connectivity index (χ1v) is 37.2. The standard InChI is InChI=1S/2C37H75NO2.Ca/c2*1-3-5-7-9-11-13-15-17-19-21-23-25-27-29-31-34-38(36-33-37(39)40)35-32-30-28-26-24-22-20-18-16-14-12-10-8-6-4-2;/h2*3-36H2,1-2H3,(H,39,40);/q;;+2/p-2. The molecule has 0 aromatic rings. The number of rotatable bonds is 70. The van der Waals surface area contributed by atoms with Crippen LogP contribution in [0.4, 0.5) is 0 Å². The maximum absolute atomic E-state index is 11.0. The SMILES string of the molecule is CCCCCCCCCCCCCCCCCN(CCCCCCCCCCCCCCCCC)CCC(=O)[O-].CCCCCCCCCCCCCCCCCN(CCCCCCCCCCCCCCCCC)CCC(=O)[O-].[Ca+2]. The van der Waals surface area contributed by atoms with Crippen molar-refractivity contribution >= 4 is 49.7 Å². The van der Waals surface area contributed by atoms with Crippen LogP contribution in [-0.2, 0) is 9.59 Å². The van der Waals surface area contributed by atoms with Crippen LogP contribution >= 0.6 is 0 Å². The predicted molar refractivity (Wildman–Crippen MR) is 358 cm³/mol. The summed E-state index contributed by atoms with van der Waals surface area (Å²) in [6.45, 7) is 14.7. The second-order valence-electron chi connectivity index (χ2n) is 25.7. The molecule has 0 saturated heterocycles. The molecule has 0 spiro atoms. The largest absolute Gasteiger partial charge is 2.00 e. The van der Waals surface area contributed by atoms with Crippen LogP contribution in [0, 0.1) is 0 Å². The number of nitrogens with zero attached hydrogens (tertiary/aromatic N) is 2. The number of carboxylic acids is 2. The molecule has 81 heavy (non-hydrogen) atoms. The topological polar surface area (TPSA) is 86.7 Å². The zero-order chi connectivity index (χ0) is 58.4. The molecule has 0 rings (SSSR count). The van der Waals surface area contributed by atoms with Gasteiger partial charge in [0.05, 0.1) is 0 Å². The van der Waals surface area contributed by atoms with Gasteiger partial charge < -0.3 is 29.6 Å². The van der Waals surface area contributed by atoms with E-state index in [2.05, 4.69) is 37.5 Å². The van der Waals surface area contributed by atoms with Crippen molar-refractivity contribution in [3.8, 4) is 0 Å². The third-order valence-corrected chi connectivity index (χ3v) is 17.6. The van der Waals surface area contributed by atoms with Gasteiger partial charge in [-0.2, -0.15) is 0 Å². The first-order valence-electron chi connectivity index (χ1n) is 37.2. The Morgan fingerprint density at radius 2 is 0.309 bits per heavy atom. The molecular formula is C74H148CaN2O4. The maximum atomic E-state index is 11.0. The van der Waals surface area contributed by atoms with Crippen LogP contribution in [0.3, 0.4) is 0 Å². The molecular weight excluding hydrogens is 1020 g/mol. The van der Waals surface area contributed by atoms with Crippen molar-refractivity contribution in [3.05, 3.63) is 0 Å². The van der Waals surface area contributed by atoms with Gasteiger partial charge in [-0.05, 0) is 64.7 Å². The van der Waals surface area contributed by atoms with E-state index in [9.17, 15) is 19.8 Å². The predicted octanol–water partition coefficient (Wildman–Crippen LogP) is 22.0. The fourth-order valence-electron chi connectivity index (χ4n) is 12.0. The van der Waals surface area contributed by atoms with Gasteiger partial charge in [-0.15, -0.1) is 0 Å². The smallest absolute Gasteiger partial charge is 0.550 e. The summed E-state index contributed by atoms with van der Waals surface area (Å²) >= 11 is 0. The number of carbonyl (C=O) groups is 2. The van der Waals surface area contributed by atoms with Crippen LogP contribution in [0.25, 0.3) is 0 Å². The summed E-state index contributed by atoms with van der Waals surface area (Å²) in [7, 11) is 0. The van der Waals surface area contributed by atoms with E-state index in [1.165, 1.54) is 385 Å². The van der Waals surface area contributed by atoms with Crippen LogP contribution in [-0.4, -0.2) is 98.7 Å². The molecule has 0 fully saturated rings. The van der Waals surface area contributed by atoms with Gasteiger partial charge in [-0.25, -0.2) is 0 Å². The summed E-state index contributed by atoms with van der Waals surface area (Å²) in [6, 6.07) is 0. The number of aliphatic carboxylic acids is 2. The van der Waals surface area contributed by atoms with Crippen LogP contribution < -0.4 is 10.2 Å². The second-order valence-corrected chi connectivity index (χ2v) is 25.7. The van der Waals surface area contributed by atoms with Crippen LogP contribution in [0.5, 0.6) is 0 Å². The van der Waals surface area contributed by atoms with Gasteiger partial charge in [0.2, 0.25) is 0 Å². The van der Waals surface area contributed by atoms with Crippen molar-refractivity contribution in [2.45, 2.75) is 426 Å². The molecule has 0 aromatic carbocycles. The molecule has 0 bridgehead atoms. The molecule has 0 aliphatic rings. The number of hydrogen-bond acceptors (Lipinski definition) is 6. The van der Waals surface area contributed by atoms with Crippen molar-refractivity contribution in [2.24, 2.45) is 0 Å². The zero-order valence-electron chi connectivity index (χ0n) is 56.3. The van der Waals surface area contributed by atoms with E-state index in [4.69, 9.17) is 0 Å². The molecule has 6 nitrogen and oxygen atoms in total. The first kappa shape index (κ1) is 85.3. The van der Waals surface area contributed by atoms with Gasteiger partial charge in [0, 0.05) is 25.0 Å². The van der Waals surface area contributed by atoms with Gasteiger partial charge in [0.25, 0.3) is 0 Å². The van der Waals surface area contributed by atoms with E-state index in [-0.39, 0.29) is 50.6 Å². The van der Waals surface area contributed by atoms with Gasteiger partial charge in [0.15, 0.2) is 0 Å². The van der Waals surface area contributed by atoms with Gasteiger partial charge >= 0.3 is 37.7 Å². The number of unbranched alkanes of at least 4 members (excludes halogenated alkanes) is 56. The Kier molecular flexibility index (Phi) is 82.3. The zero-order valence-corrected chi connectivity index (χ0v) is 58.5. The minimum atomic E-state index is -0.905. The minimum Gasteiger partial charge on any atom is -0.550 e. The molecule has 0 aliphatic heterocycles. The molecule has 0 aromatic heterocycles. The molecule has 0 radical (unpaired) electrons. The van der Waals surface area contributed by atoms with Crippen molar-refractivity contribution in [3.63, 3.8) is 0 Å². The molecule has 0 N–H and O–H groups in total. The van der Waals surface area contributed by atoms with Crippen molar-refractivity contribution in [1.29, 1.82) is 0 Å². The molecule has 480 valence electrons. The van der Waals surface area contributed by atoms with E-state index in [0.717, 1.165) is 26.2 Å². The summed E-state index contributed by atoms with van der Waals surface area (Å²) in [4.78, 5) is 26.8.